The molecule has 0 heterocycles. The van der Waals surface area contributed by atoms with E-state index in [4.69, 9.17) is 11.6 Å². The minimum atomic E-state index is 0.134. The Morgan fingerprint density at radius 3 is 2.75 bits per heavy atom. The molecule has 0 aromatic heterocycles. The van der Waals surface area contributed by atoms with Gasteiger partial charge in [-0.25, -0.2) is 0 Å². The summed E-state index contributed by atoms with van der Waals surface area (Å²) < 4.78 is 0.902. The molecule has 0 spiro atoms. The number of ketones is 1. The molecule has 1 aliphatic rings. The third-order valence-corrected chi connectivity index (χ3v) is 4.88. The van der Waals surface area contributed by atoms with Crippen LogP contribution in [0.2, 0.25) is 5.02 Å². The first-order chi connectivity index (χ1) is 9.60. The Balaban J connectivity index is 1.86. The Labute approximate surface area is 134 Å². The van der Waals surface area contributed by atoms with E-state index < -0.39 is 0 Å². The summed E-state index contributed by atoms with van der Waals surface area (Å²) in [6, 6.07) is 5.45. The first-order valence-electron chi connectivity index (χ1n) is 7.30. The summed E-state index contributed by atoms with van der Waals surface area (Å²) in [5, 5.41) is 0.534. The van der Waals surface area contributed by atoms with Gasteiger partial charge in [0.25, 0.3) is 0 Å². The minimum absolute atomic E-state index is 0.134. The van der Waals surface area contributed by atoms with E-state index in [-0.39, 0.29) is 5.78 Å². The first-order valence-corrected chi connectivity index (χ1v) is 8.48. The molecule has 0 aliphatic heterocycles. The molecule has 0 unspecified atom stereocenters. The van der Waals surface area contributed by atoms with Crippen molar-refractivity contribution in [2.45, 2.75) is 32.6 Å². The molecular weight excluding hydrogens is 338 g/mol. The molecule has 0 bridgehead atoms. The number of carbonyl (C=O) groups is 1. The quantitative estimate of drug-likeness (QED) is 0.653. The van der Waals surface area contributed by atoms with E-state index >= 15 is 0 Å². The molecule has 4 heteroatoms. The van der Waals surface area contributed by atoms with Gasteiger partial charge in [0.15, 0.2) is 5.78 Å². The molecule has 1 aliphatic carbocycles. The number of rotatable bonds is 7. The van der Waals surface area contributed by atoms with Crippen molar-refractivity contribution < 1.29 is 4.79 Å². The third kappa shape index (κ3) is 4.31. The van der Waals surface area contributed by atoms with Crippen LogP contribution in [0.1, 0.15) is 43.0 Å². The number of hydrogen-bond donors (Lipinski definition) is 0. The summed E-state index contributed by atoms with van der Waals surface area (Å²) in [6.45, 7) is 5.14. The number of Topliss-reactive ketones (excluding diaryl/α,β-unsaturated/α-hetero) is 1. The lowest BCUT2D eigenvalue weighted by Gasteiger charge is -2.31. The van der Waals surface area contributed by atoms with E-state index in [1.165, 1.54) is 19.3 Å². The van der Waals surface area contributed by atoms with Crippen molar-refractivity contribution in [2.24, 2.45) is 5.92 Å². The van der Waals surface area contributed by atoms with Crippen LogP contribution in [-0.2, 0) is 0 Å². The summed E-state index contributed by atoms with van der Waals surface area (Å²) in [6.07, 6.45) is 4.61. The summed E-state index contributed by atoms with van der Waals surface area (Å²) in [7, 11) is 0. The average molecular weight is 359 g/mol. The van der Waals surface area contributed by atoms with Crippen LogP contribution in [0, 0.1) is 5.92 Å². The van der Waals surface area contributed by atoms with E-state index in [1.807, 2.05) is 6.07 Å². The van der Waals surface area contributed by atoms with Gasteiger partial charge in [-0.3, -0.25) is 4.79 Å². The molecule has 0 radical (unpaired) electrons. The second-order valence-corrected chi connectivity index (χ2v) is 6.81. The topological polar surface area (TPSA) is 20.3 Å². The van der Waals surface area contributed by atoms with Crippen LogP contribution in [0.15, 0.2) is 22.7 Å². The van der Waals surface area contributed by atoms with E-state index in [0.717, 1.165) is 30.0 Å². The van der Waals surface area contributed by atoms with Gasteiger partial charge in [-0.2, -0.15) is 0 Å². The van der Waals surface area contributed by atoms with Crippen LogP contribution in [-0.4, -0.2) is 30.3 Å². The molecule has 1 aromatic carbocycles. The standard InChI is InChI=1S/C16H21BrClNO/c1-2-19(11-12-4-3-5-12)9-8-16(20)14-7-6-13(17)10-15(14)18/h6-7,10,12H,2-5,8-9,11H2,1H3. The van der Waals surface area contributed by atoms with Crippen LogP contribution < -0.4 is 0 Å². The molecule has 0 amide bonds. The zero-order valence-electron chi connectivity index (χ0n) is 11.9. The highest BCUT2D eigenvalue weighted by Crippen LogP contribution is 2.27. The fourth-order valence-electron chi connectivity index (χ4n) is 2.53. The summed E-state index contributed by atoms with van der Waals surface area (Å²) >= 11 is 9.48. The molecular formula is C16H21BrClNO. The summed E-state index contributed by atoms with van der Waals surface area (Å²) in [4.78, 5) is 14.6. The van der Waals surface area contributed by atoms with Crippen molar-refractivity contribution in [1.29, 1.82) is 0 Å². The van der Waals surface area contributed by atoms with Gasteiger partial charge in [-0.15, -0.1) is 0 Å². The van der Waals surface area contributed by atoms with Gasteiger partial charge >= 0.3 is 0 Å². The monoisotopic (exact) mass is 357 g/mol. The fraction of sp³-hybridized carbons (Fsp3) is 0.562. The van der Waals surface area contributed by atoms with Gasteiger partial charge in [0.1, 0.15) is 0 Å². The zero-order chi connectivity index (χ0) is 14.5. The average Bonchev–Trinajstić information content (AvgIpc) is 2.36. The maximum atomic E-state index is 12.2. The lowest BCUT2D eigenvalue weighted by atomic mass is 9.85. The molecule has 1 saturated carbocycles. The van der Waals surface area contributed by atoms with Crippen molar-refractivity contribution in [3.8, 4) is 0 Å². The molecule has 2 nitrogen and oxygen atoms in total. The number of halogens is 2. The second-order valence-electron chi connectivity index (χ2n) is 5.49. The summed E-state index contributed by atoms with van der Waals surface area (Å²) in [5.74, 6) is 0.982. The number of nitrogens with zero attached hydrogens (tertiary/aromatic N) is 1. The highest BCUT2D eigenvalue weighted by atomic mass is 79.9. The summed E-state index contributed by atoms with van der Waals surface area (Å²) in [5.41, 5.74) is 0.634. The van der Waals surface area contributed by atoms with Gasteiger partial charge in [-0.05, 0) is 43.5 Å². The van der Waals surface area contributed by atoms with Crippen molar-refractivity contribution >= 4 is 33.3 Å². The predicted molar refractivity (Wildman–Crippen MR) is 87.6 cm³/mol. The van der Waals surface area contributed by atoms with Crippen LogP contribution in [0.5, 0.6) is 0 Å². The van der Waals surface area contributed by atoms with Gasteiger partial charge in [0, 0.05) is 29.5 Å². The molecule has 1 aromatic rings. The Morgan fingerprint density at radius 1 is 1.45 bits per heavy atom. The maximum absolute atomic E-state index is 12.2. The van der Waals surface area contributed by atoms with Crippen LogP contribution in [0.25, 0.3) is 0 Å². The van der Waals surface area contributed by atoms with Crippen LogP contribution >= 0.6 is 27.5 Å². The van der Waals surface area contributed by atoms with Gasteiger partial charge in [0.05, 0.1) is 5.02 Å². The Hall–Kier alpha value is -0.380. The number of hydrogen-bond acceptors (Lipinski definition) is 2. The molecule has 1 fully saturated rings. The van der Waals surface area contributed by atoms with Gasteiger partial charge in [0.2, 0.25) is 0 Å². The molecule has 0 saturated heterocycles. The van der Waals surface area contributed by atoms with Crippen molar-refractivity contribution in [3.63, 3.8) is 0 Å². The Morgan fingerprint density at radius 2 is 2.20 bits per heavy atom. The van der Waals surface area contributed by atoms with Crippen LogP contribution in [0.3, 0.4) is 0 Å². The van der Waals surface area contributed by atoms with E-state index in [2.05, 4.69) is 27.8 Å². The van der Waals surface area contributed by atoms with Crippen molar-refractivity contribution in [3.05, 3.63) is 33.3 Å². The first kappa shape index (κ1) is 16.0. The largest absolute Gasteiger partial charge is 0.303 e. The third-order valence-electron chi connectivity index (χ3n) is 4.07. The maximum Gasteiger partial charge on any atom is 0.165 e. The molecule has 0 N–H and O–H groups in total. The number of benzene rings is 1. The van der Waals surface area contributed by atoms with Crippen LogP contribution in [0.4, 0.5) is 0 Å². The van der Waals surface area contributed by atoms with E-state index in [9.17, 15) is 4.79 Å². The van der Waals surface area contributed by atoms with Crippen molar-refractivity contribution in [1.82, 2.24) is 4.90 Å². The lowest BCUT2D eigenvalue weighted by Crippen LogP contribution is -2.34. The van der Waals surface area contributed by atoms with E-state index in [1.54, 1.807) is 12.1 Å². The minimum Gasteiger partial charge on any atom is -0.303 e. The smallest absolute Gasteiger partial charge is 0.165 e. The Kier molecular flexibility index (Phi) is 6.06. The molecule has 20 heavy (non-hydrogen) atoms. The Bertz CT molecular complexity index is 474. The van der Waals surface area contributed by atoms with Gasteiger partial charge < -0.3 is 4.90 Å². The highest BCUT2D eigenvalue weighted by molar-refractivity contribution is 9.10. The predicted octanol–water partition coefficient (Wildman–Crippen LogP) is 4.80. The second kappa shape index (κ2) is 7.58. The zero-order valence-corrected chi connectivity index (χ0v) is 14.2. The fourth-order valence-corrected chi connectivity index (χ4v) is 3.31. The van der Waals surface area contributed by atoms with Crippen molar-refractivity contribution in [2.75, 3.05) is 19.6 Å². The normalized spacial score (nSPS) is 15.4. The molecule has 0 atom stereocenters. The molecule has 110 valence electrons. The molecule has 2 rings (SSSR count). The highest BCUT2D eigenvalue weighted by Gasteiger charge is 2.20. The van der Waals surface area contributed by atoms with Gasteiger partial charge in [-0.1, -0.05) is 40.9 Å². The SMILES string of the molecule is CCN(CCC(=O)c1ccc(Br)cc1Cl)CC1CCC1. The lowest BCUT2D eigenvalue weighted by molar-refractivity contribution is 0.0954. The number of carbonyl (C=O) groups excluding carboxylic acids is 1. The van der Waals surface area contributed by atoms with E-state index in [0.29, 0.717) is 17.0 Å².